The van der Waals surface area contributed by atoms with E-state index in [1.807, 2.05) is 30.6 Å². The van der Waals surface area contributed by atoms with Crippen molar-refractivity contribution in [1.29, 1.82) is 0 Å². The van der Waals surface area contributed by atoms with Crippen molar-refractivity contribution in [2.75, 3.05) is 0 Å². The second kappa shape index (κ2) is 3.07. The van der Waals surface area contributed by atoms with Gasteiger partial charge in [-0.2, -0.15) is 0 Å². The average Bonchev–Trinajstić information content (AvgIpc) is 2.54. The van der Waals surface area contributed by atoms with Crippen LogP contribution < -0.4 is 0 Å². The molecule has 0 aliphatic rings. The van der Waals surface area contributed by atoms with Crippen molar-refractivity contribution >= 4 is 11.3 Å². The van der Waals surface area contributed by atoms with E-state index in [1.54, 1.807) is 11.3 Å². The molecule has 0 saturated carbocycles. The summed E-state index contributed by atoms with van der Waals surface area (Å²) in [4.78, 5) is 6.46. The highest BCUT2D eigenvalue weighted by atomic mass is 32.1. The second-order valence-electron chi connectivity index (χ2n) is 2.55. The minimum absolute atomic E-state index is 1.22. The normalized spacial score (nSPS) is 10.1. The lowest BCUT2D eigenvalue weighted by Gasteiger charge is -1.93. The summed E-state index contributed by atoms with van der Waals surface area (Å²) < 4.78 is 0. The van der Waals surface area contributed by atoms with Gasteiger partial charge in [-0.1, -0.05) is 0 Å². The minimum atomic E-state index is 1.22. The quantitative estimate of drug-likeness (QED) is 0.647. The van der Waals surface area contributed by atoms with Crippen molar-refractivity contribution in [2.45, 2.75) is 6.92 Å². The molecule has 0 aliphatic carbocycles. The van der Waals surface area contributed by atoms with Crippen LogP contribution in [0, 0.1) is 13.0 Å². The van der Waals surface area contributed by atoms with Gasteiger partial charge in [-0.05, 0) is 36.8 Å². The third kappa shape index (κ3) is 1.38. The standard InChI is InChI=1S/C10H8NS/c1-8-2-3-10(12-8)9-4-6-11-7-5-9/h3-7H,1H3. The Morgan fingerprint density at radius 1 is 1.33 bits per heavy atom. The van der Waals surface area contributed by atoms with Crippen molar-refractivity contribution in [2.24, 2.45) is 0 Å². The number of hydrogen-bond acceptors (Lipinski definition) is 2. The van der Waals surface area contributed by atoms with Gasteiger partial charge in [0.05, 0.1) is 0 Å². The molecule has 0 saturated heterocycles. The predicted octanol–water partition coefficient (Wildman–Crippen LogP) is 2.92. The maximum atomic E-state index is 3.97. The molecule has 0 unspecified atom stereocenters. The largest absolute Gasteiger partial charge is 0.265 e. The van der Waals surface area contributed by atoms with E-state index < -0.39 is 0 Å². The first-order valence-corrected chi connectivity index (χ1v) is 4.56. The Morgan fingerprint density at radius 2 is 2.08 bits per heavy atom. The highest BCUT2D eigenvalue weighted by Gasteiger charge is 1.98. The summed E-state index contributed by atoms with van der Waals surface area (Å²) in [6.45, 7) is 2.06. The summed E-state index contributed by atoms with van der Waals surface area (Å²) in [7, 11) is 0. The van der Waals surface area contributed by atoms with E-state index in [-0.39, 0.29) is 0 Å². The molecule has 0 bridgehead atoms. The molecule has 0 fully saturated rings. The number of aromatic nitrogens is 1. The van der Waals surface area contributed by atoms with Crippen LogP contribution in [0.25, 0.3) is 10.4 Å². The number of thiophene rings is 1. The molecule has 0 N–H and O–H groups in total. The molecule has 0 aromatic carbocycles. The van der Waals surface area contributed by atoms with Crippen LogP contribution in [0.4, 0.5) is 0 Å². The summed E-state index contributed by atoms with van der Waals surface area (Å²) in [5.74, 6) is 0. The van der Waals surface area contributed by atoms with Gasteiger partial charge in [0.2, 0.25) is 0 Å². The predicted molar refractivity (Wildman–Crippen MR) is 51.1 cm³/mol. The number of hydrogen-bond donors (Lipinski definition) is 0. The molecule has 1 nitrogen and oxygen atoms in total. The molecule has 59 valence electrons. The summed E-state index contributed by atoms with van der Waals surface area (Å²) in [6, 6.07) is 9.21. The Morgan fingerprint density at radius 3 is 2.67 bits per heavy atom. The lowest BCUT2D eigenvalue weighted by molar-refractivity contribution is 1.33. The highest BCUT2D eigenvalue weighted by Crippen LogP contribution is 2.26. The van der Waals surface area contributed by atoms with Crippen LogP contribution in [0.2, 0.25) is 0 Å². The fourth-order valence-electron chi connectivity index (χ4n) is 1.05. The van der Waals surface area contributed by atoms with E-state index in [0.717, 1.165) is 0 Å². The van der Waals surface area contributed by atoms with Gasteiger partial charge in [0.15, 0.2) is 0 Å². The summed E-state index contributed by atoms with van der Waals surface area (Å²) >= 11 is 1.76. The van der Waals surface area contributed by atoms with Crippen LogP contribution in [-0.2, 0) is 0 Å². The molecular weight excluding hydrogens is 166 g/mol. The van der Waals surface area contributed by atoms with Gasteiger partial charge >= 0.3 is 0 Å². The SMILES string of the molecule is Cc1[c]cc(-c2ccncc2)s1. The van der Waals surface area contributed by atoms with Gasteiger partial charge in [-0.3, -0.25) is 4.98 Å². The highest BCUT2D eigenvalue weighted by molar-refractivity contribution is 7.15. The van der Waals surface area contributed by atoms with Crippen LogP contribution in [-0.4, -0.2) is 4.98 Å². The van der Waals surface area contributed by atoms with E-state index in [4.69, 9.17) is 0 Å². The third-order valence-electron chi connectivity index (χ3n) is 1.63. The van der Waals surface area contributed by atoms with E-state index in [9.17, 15) is 0 Å². The van der Waals surface area contributed by atoms with E-state index in [1.165, 1.54) is 15.3 Å². The molecule has 0 atom stereocenters. The molecule has 0 spiro atoms. The monoisotopic (exact) mass is 174 g/mol. The van der Waals surface area contributed by atoms with Crippen LogP contribution in [0.1, 0.15) is 4.88 Å². The topological polar surface area (TPSA) is 12.9 Å². The van der Waals surface area contributed by atoms with Crippen molar-refractivity contribution in [3.8, 4) is 10.4 Å². The van der Waals surface area contributed by atoms with E-state index in [0.29, 0.717) is 0 Å². The van der Waals surface area contributed by atoms with Crippen LogP contribution in [0.15, 0.2) is 30.6 Å². The molecule has 12 heavy (non-hydrogen) atoms. The van der Waals surface area contributed by atoms with Gasteiger partial charge in [-0.15, -0.1) is 11.3 Å². The molecule has 2 heteroatoms. The number of rotatable bonds is 1. The fraction of sp³-hybridized carbons (Fsp3) is 0.100. The Hall–Kier alpha value is -1.15. The molecule has 1 radical (unpaired) electrons. The minimum Gasteiger partial charge on any atom is -0.265 e. The number of nitrogens with zero attached hydrogens (tertiary/aromatic N) is 1. The van der Waals surface area contributed by atoms with Gasteiger partial charge in [-0.25, -0.2) is 0 Å². The molecule has 2 heterocycles. The van der Waals surface area contributed by atoms with E-state index in [2.05, 4.69) is 18.0 Å². The van der Waals surface area contributed by atoms with Crippen molar-refractivity contribution in [3.63, 3.8) is 0 Å². The van der Waals surface area contributed by atoms with Crippen LogP contribution in [0.5, 0.6) is 0 Å². The lowest BCUT2D eigenvalue weighted by Crippen LogP contribution is -1.71. The van der Waals surface area contributed by atoms with Crippen LogP contribution in [0.3, 0.4) is 0 Å². The molecule has 2 rings (SSSR count). The number of pyridine rings is 1. The van der Waals surface area contributed by atoms with Gasteiger partial charge in [0.1, 0.15) is 0 Å². The molecule has 2 aromatic heterocycles. The first-order chi connectivity index (χ1) is 5.86. The molecule has 0 aliphatic heterocycles. The van der Waals surface area contributed by atoms with Crippen molar-refractivity contribution in [1.82, 2.24) is 4.98 Å². The first-order valence-electron chi connectivity index (χ1n) is 3.75. The average molecular weight is 174 g/mol. The zero-order valence-electron chi connectivity index (χ0n) is 6.74. The Balaban J connectivity index is 2.45. The fourth-order valence-corrected chi connectivity index (χ4v) is 1.87. The van der Waals surface area contributed by atoms with Crippen LogP contribution >= 0.6 is 11.3 Å². The second-order valence-corrected chi connectivity index (χ2v) is 3.80. The zero-order valence-corrected chi connectivity index (χ0v) is 7.56. The third-order valence-corrected chi connectivity index (χ3v) is 2.63. The number of aryl methyl sites for hydroxylation is 1. The first kappa shape index (κ1) is 7.50. The summed E-state index contributed by atoms with van der Waals surface area (Å²) in [5.41, 5.74) is 1.22. The summed E-state index contributed by atoms with van der Waals surface area (Å²) in [6.07, 6.45) is 3.62. The lowest BCUT2D eigenvalue weighted by atomic mass is 10.2. The van der Waals surface area contributed by atoms with E-state index >= 15 is 0 Å². The maximum absolute atomic E-state index is 3.97. The zero-order chi connectivity index (χ0) is 8.39. The van der Waals surface area contributed by atoms with Crippen molar-refractivity contribution in [3.05, 3.63) is 41.5 Å². The molecule has 0 amide bonds. The van der Waals surface area contributed by atoms with Gasteiger partial charge < -0.3 is 0 Å². The Kier molecular flexibility index (Phi) is 1.92. The molecular formula is C10H8NS. The van der Waals surface area contributed by atoms with Crippen molar-refractivity contribution < 1.29 is 0 Å². The Bertz CT molecular complexity index is 364. The Labute approximate surface area is 75.7 Å². The summed E-state index contributed by atoms with van der Waals surface area (Å²) in [5, 5.41) is 0. The molecule has 2 aromatic rings. The van der Waals surface area contributed by atoms with Gasteiger partial charge in [0.25, 0.3) is 0 Å². The smallest absolute Gasteiger partial charge is 0.0353 e. The maximum Gasteiger partial charge on any atom is 0.0353 e. The van der Waals surface area contributed by atoms with Gasteiger partial charge in [0, 0.05) is 22.1 Å².